The molecular formula is C30H33ClN4O5S. The van der Waals surface area contributed by atoms with Crippen LogP contribution in [0.2, 0.25) is 5.02 Å². The molecule has 11 heteroatoms. The number of halogens is 1. The fraction of sp³-hybridized carbons (Fsp3) is 0.333. The van der Waals surface area contributed by atoms with Gasteiger partial charge < -0.3 is 24.6 Å². The van der Waals surface area contributed by atoms with Crippen molar-refractivity contribution in [3.05, 3.63) is 94.5 Å². The maximum absolute atomic E-state index is 13.8. The van der Waals surface area contributed by atoms with Gasteiger partial charge in [0.15, 0.2) is 5.75 Å². The lowest BCUT2D eigenvalue weighted by Crippen LogP contribution is -2.58. The number of nitrogens with one attached hydrogen (secondary N) is 2. The molecule has 0 saturated carbocycles. The topological polar surface area (TPSA) is 108 Å². The molecule has 1 saturated heterocycles. The molecule has 2 atom stereocenters. The minimum atomic E-state index is -3.69. The number of hydrogen-bond donors (Lipinski definition) is 2. The van der Waals surface area contributed by atoms with E-state index in [1.54, 1.807) is 35.2 Å². The second-order valence-electron chi connectivity index (χ2n) is 10.4. The Labute approximate surface area is 245 Å². The average molecular weight is 597 g/mol. The van der Waals surface area contributed by atoms with E-state index in [0.29, 0.717) is 56.3 Å². The number of amides is 2. The Kier molecular flexibility index (Phi) is 8.82. The molecule has 1 fully saturated rings. The van der Waals surface area contributed by atoms with Crippen LogP contribution < -0.4 is 19.7 Å². The summed E-state index contributed by atoms with van der Waals surface area (Å²) in [5.41, 5.74) is 3.84. The van der Waals surface area contributed by atoms with Crippen molar-refractivity contribution in [2.45, 2.75) is 31.5 Å². The molecular weight excluding hydrogens is 564 g/mol. The first-order chi connectivity index (χ1) is 19.7. The molecule has 0 spiro atoms. The van der Waals surface area contributed by atoms with Crippen molar-refractivity contribution in [3.8, 4) is 5.75 Å². The second kappa shape index (κ2) is 12.5. The Morgan fingerprint density at radius 1 is 0.976 bits per heavy atom. The van der Waals surface area contributed by atoms with Gasteiger partial charge in [-0.1, -0.05) is 60.1 Å². The molecule has 0 bridgehead atoms. The Hall–Kier alpha value is -3.60. The van der Waals surface area contributed by atoms with Crippen molar-refractivity contribution >= 4 is 39.2 Å². The highest BCUT2D eigenvalue weighted by Crippen LogP contribution is 2.30. The van der Waals surface area contributed by atoms with Crippen LogP contribution in [0.4, 0.5) is 5.69 Å². The lowest BCUT2D eigenvalue weighted by Gasteiger charge is -2.38. The molecule has 2 amide bonds. The van der Waals surface area contributed by atoms with Gasteiger partial charge in [-0.15, -0.1) is 0 Å². The van der Waals surface area contributed by atoms with Crippen LogP contribution in [0.5, 0.6) is 5.75 Å². The van der Waals surface area contributed by atoms with Crippen LogP contribution in [0.25, 0.3) is 0 Å². The number of nitrogens with zero attached hydrogens (tertiary/aromatic N) is 2. The lowest BCUT2D eigenvalue weighted by molar-refractivity contribution is -0.137. The Morgan fingerprint density at radius 2 is 1.63 bits per heavy atom. The number of carbonyl (C=O) groups excluding carboxylic acids is 2. The van der Waals surface area contributed by atoms with Crippen LogP contribution in [0.3, 0.4) is 0 Å². The number of rotatable bonds is 8. The van der Waals surface area contributed by atoms with E-state index in [1.165, 1.54) is 5.56 Å². The van der Waals surface area contributed by atoms with E-state index in [1.807, 2.05) is 41.3 Å². The number of carbonyl (C=O) groups is 2. The van der Waals surface area contributed by atoms with Gasteiger partial charge in [0.2, 0.25) is 11.8 Å². The van der Waals surface area contributed by atoms with Crippen molar-refractivity contribution in [3.63, 3.8) is 0 Å². The van der Waals surface area contributed by atoms with E-state index < -0.39 is 22.2 Å². The number of anilines is 1. The molecule has 9 nitrogen and oxygen atoms in total. The van der Waals surface area contributed by atoms with Crippen LogP contribution in [-0.4, -0.2) is 69.7 Å². The van der Waals surface area contributed by atoms with Gasteiger partial charge in [0.25, 0.3) is 0 Å². The standard InChI is InChI=1S/C30H33ClN4O5S/c1-41(38,39)40-28-9-5-4-8-27(28)34-14-16-35(17-15-34)30(37)26(18-21-10-12-24(31)13-11-21)33-29(36)25-19-22-6-2-3-7-23(22)20-32-25/h2-13,25-26,32H,14-20H2,1H3,(H,33,36)/t25-,26-/m1/s1. The Morgan fingerprint density at radius 3 is 2.34 bits per heavy atom. The van der Waals surface area contributed by atoms with E-state index in [9.17, 15) is 18.0 Å². The van der Waals surface area contributed by atoms with Gasteiger partial charge in [-0.05, 0) is 47.4 Å². The molecule has 5 rings (SSSR count). The summed E-state index contributed by atoms with van der Waals surface area (Å²) in [4.78, 5) is 31.0. The van der Waals surface area contributed by atoms with Gasteiger partial charge in [-0.2, -0.15) is 8.42 Å². The van der Waals surface area contributed by atoms with Crippen LogP contribution in [-0.2, 0) is 39.1 Å². The summed E-state index contributed by atoms with van der Waals surface area (Å²) >= 11 is 6.07. The zero-order chi connectivity index (χ0) is 29.0. The van der Waals surface area contributed by atoms with Gasteiger partial charge in [0.05, 0.1) is 18.0 Å². The maximum Gasteiger partial charge on any atom is 0.306 e. The zero-order valence-electron chi connectivity index (χ0n) is 22.8. The van der Waals surface area contributed by atoms with Crippen molar-refractivity contribution in [1.82, 2.24) is 15.5 Å². The monoisotopic (exact) mass is 596 g/mol. The predicted octanol–water partition coefficient (Wildman–Crippen LogP) is 2.77. The normalized spacial score (nSPS) is 17.9. The molecule has 0 aliphatic carbocycles. The first-order valence-corrected chi connectivity index (χ1v) is 15.7. The number of fused-ring (bicyclic) bond motifs is 1. The molecule has 2 heterocycles. The van der Waals surface area contributed by atoms with Gasteiger partial charge >= 0.3 is 10.1 Å². The van der Waals surface area contributed by atoms with Crippen LogP contribution in [0.1, 0.15) is 16.7 Å². The van der Waals surface area contributed by atoms with E-state index >= 15 is 0 Å². The van der Waals surface area contributed by atoms with E-state index in [2.05, 4.69) is 16.7 Å². The molecule has 0 radical (unpaired) electrons. The fourth-order valence-corrected chi connectivity index (χ4v) is 5.90. The smallest absolute Gasteiger partial charge is 0.306 e. The summed E-state index contributed by atoms with van der Waals surface area (Å²) in [6, 6.07) is 21.1. The van der Waals surface area contributed by atoms with Crippen molar-refractivity contribution < 1.29 is 22.2 Å². The molecule has 216 valence electrons. The summed E-state index contributed by atoms with van der Waals surface area (Å²) in [7, 11) is -3.69. The van der Waals surface area contributed by atoms with Crippen LogP contribution in [0, 0.1) is 0 Å². The van der Waals surface area contributed by atoms with Gasteiger partial charge in [0, 0.05) is 44.2 Å². The minimum absolute atomic E-state index is 0.162. The van der Waals surface area contributed by atoms with Gasteiger partial charge in [0.1, 0.15) is 6.04 Å². The maximum atomic E-state index is 13.8. The van der Waals surface area contributed by atoms with E-state index in [-0.39, 0.29) is 17.6 Å². The molecule has 0 unspecified atom stereocenters. The molecule has 2 N–H and O–H groups in total. The second-order valence-corrected chi connectivity index (χ2v) is 12.4. The van der Waals surface area contributed by atoms with Crippen molar-refractivity contribution in [2.75, 3.05) is 37.3 Å². The Bertz CT molecular complexity index is 1510. The quantitative estimate of drug-likeness (QED) is 0.385. The number of piperazine rings is 1. The first-order valence-electron chi connectivity index (χ1n) is 13.5. The summed E-state index contributed by atoms with van der Waals surface area (Å²) < 4.78 is 28.7. The number of hydrogen-bond acceptors (Lipinski definition) is 7. The number of para-hydroxylation sites is 2. The van der Waals surface area contributed by atoms with Crippen molar-refractivity contribution in [2.24, 2.45) is 0 Å². The third-order valence-corrected chi connectivity index (χ3v) is 8.14. The van der Waals surface area contributed by atoms with Gasteiger partial charge in [-0.3, -0.25) is 9.59 Å². The molecule has 2 aliphatic heterocycles. The fourth-order valence-electron chi connectivity index (χ4n) is 5.31. The van der Waals surface area contributed by atoms with E-state index in [0.717, 1.165) is 17.4 Å². The van der Waals surface area contributed by atoms with Crippen LogP contribution >= 0.6 is 11.6 Å². The first kappa shape index (κ1) is 28.9. The average Bonchev–Trinajstić information content (AvgIpc) is 2.97. The van der Waals surface area contributed by atoms with Crippen LogP contribution in [0.15, 0.2) is 72.8 Å². The molecule has 0 aromatic heterocycles. The van der Waals surface area contributed by atoms with Gasteiger partial charge in [-0.25, -0.2) is 0 Å². The van der Waals surface area contributed by atoms with Crippen molar-refractivity contribution in [1.29, 1.82) is 0 Å². The predicted molar refractivity (Wildman–Crippen MR) is 159 cm³/mol. The summed E-state index contributed by atoms with van der Waals surface area (Å²) in [6.45, 7) is 2.38. The SMILES string of the molecule is CS(=O)(=O)Oc1ccccc1N1CCN(C(=O)[C@@H](Cc2ccc(Cl)cc2)NC(=O)[C@H]2Cc3ccccc3CN2)CC1. The minimum Gasteiger partial charge on any atom is -0.380 e. The zero-order valence-corrected chi connectivity index (χ0v) is 24.3. The highest BCUT2D eigenvalue weighted by Gasteiger charge is 2.32. The highest BCUT2D eigenvalue weighted by atomic mass is 35.5. The third kappa shape index (κ3) is 7.38. The summed E-state index contributed by atoms with van der Waals surface area (Å²) in [6.07, 6.45) is 1.89. The highest BCUT2D eigenvalue weighted by molar-refractivity contribution is 7.86. The molecule has 2 aliphatic rings. The van der Waals surface area contributed by atoms with E-state index in [4.69, 9.17) is 15.8 Å². The molecule has 3 aromatic carbocycles. The molecule has 3 aromatic rings. The third-order valence-electron chi connectivity index (χ3n) is 7.40. The largest absolute Gasteiger partial charge is 0.380 e. The summed E-state index contributed by atoms with van der Waals surface area (Å²) in [5, 5.41) is 6.93. The molecule has 41 heavy (non-hydrogen) atoms. The number of benzene rings is 3. The summed E-state index contributed by atoms with van der Waals surface area (Å²) in [5.74, 6) is -0.119. The lowest BCUT2D eigenvalue weighted by atomic mass is 9.95. The Balaban J connectivity index is 1.28.